The molecule has 0 spiro atoms. The first-order valence-electron chi connectivity index (χ1n) is 6.27. The van der Waals surface area contributed by atoms with Crippen molar-refractivity contribution in [3.63, 3.8) is 0 Å². The Balaban J connectivity index is 2.23. The van der Waals surface area contributed by atoms with E-state index in [4.69, 9.17) is 5.26 Å². The lowest BCUT2D eigenvalue weighted by molar-refractivity contribution is 0.0764. The molecular formula is C16H12BrFN2O. The van der Waals surface area contributed by atoms with E-state index >= 15 is 0 Å². The number of halogens is 2. The van der Waals surface area contributed by atoms with Gasteiger partial charge in [0.25, 0.3) is 5.91 Å². The first kappa shape index (κ1) is 15.2. The molecule has 21 heavy (non-hydrogen) atoms. The van der Waals surface area contributed by atoms with Gasteiger partial charge in [0.1, 0.15) is 12.4 Å². The standard InChI is InChI=1S/C16H12BrFN2O/c17-14-7-6-13(10-15(14)18)16(21)20(9-8-19)11-12-4-2-1-3-5-12/h1-7,10H,9,11H2. The van der Waals surface area contributed by atoms with Crippen molar-refractivity contribution < 1.29 is 9.18 Å². The zero-order valence-electron chi connectivity index (χ0n) is 11.1. The van der Waals surface area contributed by atoms with E-state index in [1.54, 1.807) is 0 Å². The van der Waals surface area contributed by atoms with Crippen molar-refractivity contribution in [2.45, 2.75) is 6.54 Å². The molecule has 0 fully saturated rings. The Labute approximate surface area is 130 Å². The number of hydrogen-bond acceptors (Lipinski definition) is 2. The molecule has 0 unspecified atom stereocenters. The summed E-state index contributed by atoms with van der Waals surface area (Å²) in [6.07, 6.45) is 0. The normalized spacial score (nSPS) is 9.95. The predicted molar refractivity (Wildman–Crippen MR) is 80.9 cm³/mol. The summed E-state index contributed by atoms with van der Waals surface area (Å²) >= 11 is 3.05. The first-order chi connectivity index (χ1) is 10.1. The third-order valence-electron chi connectivity index (χ3n) is 2.93. The number of benzene rings is 2. The van der Waals surface area contributed by atoms with Gasteiger partial charge in [0, 0.05) is 12.1 Å². The molecule has 0 saturated heterocycles. The molecule has 0 radical (unpaired) electrons. The fourth-order valence-electron chi connectivity index (χ4n) is 1.90. The summed E-state index contributed by atoms with van der Waals surface area (Å²) in [5.41, 5.74) is 1.14. The van der Waals surface area contributed by atoms with Crippen LogP contribution in [0.1, 0.15) is 15.9 Å². The number of carbonyl (C=O) groups is 1. The van der Waals surface area contributed by atoms with Crippen LogP contribution in [0.4, 0.5) is 4.39 Å². The Hall–Kier alpha value is -2.19. The van der Waals surface area contributed by atoms with Crippen LogP contribution in [0.2, 0.25) is 0 Å². The quantitative estimate of drug-likeness (QED) is 0.791. The van der Waals surface area contributed by atoms with Gasteiger partial charge in [0.05, 0.1) is 10.5 Å². The highest BCUT2D eigenvalue weighted by Gasteiger charge is 2.17. The first-order valence-corrected chi connectivity index (χ1v) is 7.06. The number of hydrogen-bond donors (Lipinski definition) is 0. The highest BCUT2D eigenvalue weighted by Crippen LogP contribution is 2.18. The molecule has 1 amide bonds. The second kappa shape index (κ2) is 7.00. The lowest BCUT2D eigenvalue weighted by atomic mass is 10.1. The highest BCUT2D eigenvalue weighted by molar-refractivity contribution is 9.10. The molecule has 0 N–H and O–H groups in total. The minimum Gasteiger partial charge on any atom is -0.321 e. The van der Waals surface area contributed by atoms with Crippen LogP contribution in [0, 0.1) is 17.1 Å². The smallest absolute Gasteiger partial charge is 0.255 e. The summed E-state index contributed by atoms with van der Waals surface area (Å²) in [4.78, 5) is 13.8. The molecule has 2 aromatic carbocycles. The zero-order chi connectivity index (χ0) is 15.2. The molecule has 2 rings (SSSR count). The minimum absolute atomic E-state index is 0.0502. The largest absolute Gasteiger partial charge is 0.321 e. The van der Waals surface area contributed by atoms with Gasteiger partial charge in [-0.25, -0.2) is 4.39 Å². The Morgan fingerprint density at radius 1 is 1.24 bits per heavy atom. The van der Waals surface area contributed by atoms with Crippen molar-refractivity contribution in [3.05, 3.63) is 69.9 Å². The minimum atomic E-state index is -0.502. The summed E-state index contributed by atoms with van der Waals surface area (Å²) in [6, 6.07) is 15.5. The number of nitrogens with zero attached hydrogens (tertiary/aromatic N) is 2. The SMILES string of the molecule is N#CCN(Cc1ccccc1)C(=O)c1ccc(Br)c(F)c1. The summed E-state index contributed by atoms with van der Waals surface area (Å²) in [7, 11) is 0. The molecule has 0 atom stereocenters. The molecule has 0 aromatic heterocycles. The maximum absolute atomic E-state index is 13.5. The Bertz CT molecular complexity index is 682. The fourth-order valence-corrected chi connectivity index (χ4v) is 2.15. The monoisotopic (exact) mass is 346 g/mol. The summed E-state index contributed by atoms with van der Waals surface area (Å²) < 4.78 is 13.8. The van der Waals surface area contributed by atoms with Crippen LogP contribution in [0.3, 0.4) is 0 Å². The molecule has 3 nitrogen and oxygen atoms in total. The van der Waals surface area contributed by atoms with E-state index in [1.807, 2.05) is 36.4 Å². The van der Waals surface area contributed by atoms with Gasteiger partial charge < -0.3 is 4.90 Å². The van der Waals surface area contributed by atoms with Crippen LogP contribution >= 0.6 is 15.9 Å². The number of rotatable bonds is 4. The van der Waals surface area contributed by atoms with Crippen LogP contribution in [-0.2, 0) is 6.54 Å². The van der Waals surface area contributed by atoms with Crippen LogP contribution in [0.25, 0.3) is 0 Å². The molecule has 106 valence electrons. The summed E-state index contributed by atoms with van der Waals surface area (Å²) in [6.45, 7) is 0.260. The van der Waals surface area contributed by atoms with Gasteiger partial charge in [-0.05, 0) is 39.7 Å². The molecule has 0 aliphatic heterocycles. The van der Waals surface area contributed by atoms with Crippen molar-refractivity contribution in [1.82, 2.24) is 4.90 Å². The molecule has 0 aliphatic rings. The van der Waals surface area contributed by atoms with E-state index in [9.17, 15) is 9.18 Å². The highest BCUT2D eigenvalue weighted by atomic mass is 79.9. The number of nitriles is 1. The van der Waals surface area contributed by atoms with E-state index in [0.29, 0.717) is 11.0 Å². The number of carbonyl (C=O) groups excluding carboxylic acids is 1. The molecule has 2 aromatic rings. The average Bonchev–Trinajstić information content (AvgIpc) is 2.50. The van der Waals surface area contributed by atoms with Crippen molar-refractivity contribution in [3.8, 4) is 6.07 Å². The molecule has 0 heterocycles. The number of amides is 1. The predicted octanol–water partition coefficient (Wildman–Crippen LogP) is 3.75. The van der Waals surface area contributed by atoms with Gasteiger partial charge in [-0.15, -0.1) is 0 Å². The molecule has 0 saturated carbocycles. The van der Waals surface area contributed by atoms with Gasteiger partial charge in [-0.1, -0.05) is 30.3 Å². The van der Waals surface area contributed by atoms with E-state index < -0.39 is 5.82 Å². The second-order valence-electron chi connectivity index (χ2n) is 4.43. The van der Waals surface area contributed by atoms with Gasteiger partial charge >= 0.3 is 0 Å². The Morgan fingerprint density at radius 2 is 1.95 bits per heavy atom. The topological polar surface area (TPSA) is 44.1 Å². The van der Waals surface area contributed by atoms with Crippen LogP contribution in [-0.4, -0.2) is 17.4 Å². The van der Waals surface area contributed by atoms with Crippen LogP contribution in [0.5, 0.6) is 0 Å². The van der Waals surface area contributed by atoms with Crippen molar-refractivity contribution in [1.29, 1.82) is 5.26 Å². The Morgan fingerprint density at radius 3 is 2.57 bits per heavy atom. The van der Waals surface area contributed by atoms with Gasteiger partial charge in [-0.2, -0.15) is 5.26 Å². The van der Waals surface area contributed by atoms with Crippen molar-refractivity contribution in [2.75, 3.05) is 6.54 Å². The van der Waals surface area contributed by atoms with E-state index in [2.05, 4.69) is 15.9 Å². The fraction of sp³-hybridized carbons (Fsp3) is 0.125. The van der Waals surface area contributed by atoms with Gasteiger partial charge in [0.15, 0.2) is 0 Å². The molecule has 5 heteroatoms. The van der Waals surface area contributed by atoms with E-state index in [1.165, 1.54) is 23.1 Å². The van der Waals surface area contributed by atoms with Crippen molar-refractivity contribution in [2.24, 2.45) is 0 Å². The van der Waals surface area contributed by atoms with Crippen LogP contribution < -0.4 is 0 Å². The third kappa shape index (κ3) is 3.89. The van der Waals surface area contributed by atoms with Gasteiger partial charge in [-0.3, -0.25) is 4.79 Å². The lowest BCUT2D eigenvalue weighted by Crippen LogP contribution is -2.31. The molecular weight excluding hydrogens is 335 g/mol. The maximum Gasteiger partial charge on any atom is 0.255 e. The zero-order valence-corrected chi connectivity index (χ0v) is 12.7. The maximum atomic E-state index is 13.5. The second-order valence-corrected chi connectivity index (χ2v) is 5.29. The molecule has 0 aliphatic carbocycles. The Kier molecular flexibility index (Phi) is 5.07. The van der Waals surface area contributed by atoms with Crippen LogP contribution in [0.15, 0.2) is 53.0 Å². The third-order valence-corrected chi connectivity index (χ3v) is 3.57. The average molecular weight is 347 g/mol. The van der Waals surface area contributed by atoms with E-state index in [-0.39, 0.29) is 18.0 Å². The van der Waals surface area contributed by atoms with E-state index in [0.717, 1.165) is 5.56 Å². The van der Waals surface area contributed by atoms with Gasteiger partial charge in [0.2, 0.25) is 0 Å². The summed E-state index contributed by atoms with van der Waals surface area (Å²) in [5.74, 6) is -0.871. The molecule has 0 bridgehead atoms. The lowest BCUT2D eigenvalue weighted by Gasteiger charge is -2.20. The van der Waals surface area contributed by atoms with Crippen molar-refractivity contribution >= 4 is 21.8 Å². The summed E-state index contributed by atoms with van der Waals surface area (Å²) in [5, 5.41) is 8.88.